The number of rotatable bonds is 14. The van der Waals surface area contributed by atoms with Crippen molar-refractivity contribution in [3.63, 3.8) is 0 Å². The maximum Gasteiger partial charge on any atom is 0.416 e. The van der Waals surface area contributed by atoms with E-state index in [-0.39, 0.29) is 72.3 Å². The van der Waals surface area contributed by atoms with Crippen molar-refractivity contribution in [2.24, 2.45) is 7.05 Å². The SMILES string of the molecule is C=CCOC(=O)N1c2cc(OCCCC(=O)Nc3cn(C)c(C(=O)Nc4nc5cc(C(=O)OC)ccc5s4)n3)c(OC)cc2C(=O)N2CCCC[C@H]2C1OC1CCCCO1. The number of amides is 4. The first kappa shape index (κ1) is 42.1. The monoisotopic (exact) mass is 845 g/mol. The van der Waals surface area contributed by atoms with Gasteiger partial charge in [0.25, 0.3) is 11.8 Å². The van der Waals surface area contributed by atoms with Gasteiger partial charge in [-0.25, -0.2) is 24.5 Å². The van der Waals surface area contributed by atoms with E-state index in [1.807, 2.05) is 0 Å². The van der Waals surface area contributed by atoms with Gasteiger partial charge >= 0.3 is 12.1 Å². The molecule has 318 valence electrons. The molecule has 3 aliphatic rings. The molecular weight excluding hydrogens is 799 g/mol. The lowest BCUT2D eigenvalue weighted by molar-refractivity contribution is -0.198. The third-order valence-corrected chi connectivity index (χ3v) is 11.2. The highest BCUT2D eigenvalue weighted by molar-refractivity contribution is 7.22. The number of piperidine rings is 1. The van der Waals surface area contributed by atoms with Crippen LogP contribution in [0.1, 0.15) is 82.7 Å². The molecule has 0 saturated carbocycles. The number of esters is 1. The van der Waals surface area contributed by atoms with Crippen molar-refractivity contribution in [2.45, 2.75) is 69.9 Å². The fourth-order valence-electron chi connectivity index (χ4n) is 7.43. The van der Waals surface area contributed by atoms with Crippen LogP contribution in [-0.4, -0.2) is 108 Å². The van der Waals surface area contributed by atoms with Crippen LogP contribution in [0, 0.1) is 0 Å². The number of methoxy groups -OCH3 is 2. The molecule has 0 aliphatic carbocycles. The second kappa shape index (κ2) is 18.9. The summed E-state index contributed by atoms with van der Waals surface area (Å²) >= 11 is 1.23. The van der Waals surface area contributed by atoms with Crippen molar-refractivity contribution in [3.8, 4) is 11.5 Å². The lowest BCUT2D eigenvalue weighted by atomic mass is 10.00. The fourth-order valence-corrected chi connectivity index (χ4v) is 8.27. The van der Waals surface area contributed by atoms with Crippen molar-refractivity contribution in [1.29, 1.82) is 0 Å². The number of anilines is 3. The van der Waals surface area contributed by atoms with Gasteiger partial charge in [0, 0.05) is 38.9 Å². The lowest BCUT2D eigenvalue weighted by Gasteiger charge is -2.42. The normalized spacial score (nSPS) is 18.8. The fraction of sp³-hybridized carbons (Fsp3) is 0.439. The van der Waals surface area contributed by atoms with Crippen LogP contribution in [0.4, 0.5) is 21.4 Å². The van der Waals surface area contributed by atoms with Crippen molar-refractivity contribution >= 4 is 68.0 Å². The van der Waals surface area contributed by atoms with Crippen LogP contribution in [0.15, 0.2) is 49.2 Å². The summed E-state index contributed by atoms with van der Waals surface area (Å²) in [5, 5.41) is 5.75. The highest BCUT2D eigenvalue weighted by Crippen LogP contribution is 2.42. The first-order chi connectivity index (χ1) is 29.1. The van der Waals surface area contributed by atoms with Crippen LogP contribution in [-0.2, 0) is 30.8 Å². The summed E-state index contributed by atoms with van der Waals surface area (Å²) in [6.07, 6.45) is 5.84. The zero-order valence-electron chi connectivity index (χ0n) is 33.6. The number of nitrogens with zero attached hydrogens (tertiary/aromatic N) is 5. The molecule has 7 rings (SSSR count). The standard InChI is InChI=1S/C41H47N7O11S/c1-5-17-58-41(53)48-28-22-30(29(54-3)21-25(28)37(51)47-16-8-6-11-27(47)38(48)59-34-13-7-9-18-57-34)56-19-10-12-33(49)43-32-23-46(2)35(44-32)36(50)45-40-42-26-20-24(39(52)55-4)14-15-31(26)60-40/h5,14-15,20-23,27,34,38H,1,6-13,16-19H2,2-4H3,(H,43,49)(H,42,45,50)/t27-,34?,38?/m0/s1. The predicted octanol–water partition coefficient (Wildman–Crippen LogP) is 5.88. The summed E-state index contributed by atoms with van der Waals surface area (Å²) in [6.45, 7) is 4.72. The molecule has 2 aromatic carbocycles. The van der Waals surface area contributed by atoms with Gasteiger partial charge in [-0.2, -0.15) is 0 Å². The molecule has 60 heavy (non-hydrogen) atoms. The molecule has 5 heterocycles. The van der Waals surface area contributed by atoms with Gasteiger partial charge in [-0.05, 0) is 69.2 Å². The summed E-state index contributed by atoms with van der Waals surface area (Å²) in [4.78, 5) is 78.0. The van der Waals surface area contributed by atoms with E-state index in [4.69, 9.17) is 28.4 Å². The van der Waals surface area contributed by atoms with E-state index < -0.39 is 36.5 Å². The number of fused-ring (bicyclic) bond motifs is 3. The molecule has 2 fully saturated rings. The lowest BCUT2D eigenvalue weighted by Crippen LogP contribution is -2.57. The molecule has 19 heteroatoms. The minimum Gasteiger partial charge on any atom is -0.493 e. The maximum absolute atomic E-state index is 14.2. The molecule has 4 aromatic rings. The number of hydrogen-bond donors (Lipinski definition) is 2. The molecular formula is C41H47N7O11S. The summed E-state index contributed by atoms with van der Waals surface area (Å²) in [5.74, 6) is -0.946. The molecule has 18 nitrogen and oxygen atoms in total. The molecule has 2 saturated heterocycles. The molecule has 0 bridgehead atoms. The van der Waals surface area contributed by atoms with E-state index in [2.05, 4.69) is 27.2 Å². The number of ether oxygens (including phenoxy) is 6. The van der Waals surface area contributed by atoms with E-state index in [1.54, 1.807) is 42.3 Å². The van der Waals surface area contributed by atoms with E-state index in [0.29, 0.717) is 42.2 Å². The van der Waals surface area contributed by atoms with Crippen LogP contribution >= 0.6 is 11.3 Å². The van der Waals surface area contributed by atoms with Crippen molar-refractivity contribution in [3.05, 3.63) is 66.1 Å². The second-order valence-electron chi connectivity index (χ2n) is 14.3. The first-order valence-electron chi connectivity index (χ1n) is 19.7. The van der Waals surface area contributed by atoms with Gasteiger partial charge < -0.3 is 43.2 Å². The number of carbonyl (C=O) groups excluding carboxylic acids is 5. The van der Waals surface area contributed by atoms with Gasteiger partial charge in [0.15, 0.2) is 35.0 Å². The molecule has 2 unspecified atom stereocenters. The van der Waals surface area contributed by atoms with Crippen molar-refractivity contribution < 1.29 is 52.4 Å². The number of nitrogens with one attached hydrogen (secondary N) is 2. The van der Waals surface area contributed by atoms with Crippen molar-refractivity contribution in [2.75, 3.05) is 56.1 Å². The molecule has 2 aromatic heterocycles. The minimum atomic E-state index is -0.908. The van der Waals surface area contributed by atoms with Gasteiger partial charge in [0.05, 0.1) is 53.9 Å². The van der Waals surface area contributed by atoms with Crippen molar-refractivity contribution in [1.82, 2.24) is 19.4 Å². The van der Waals surface area contributed by atoms with Crippen LogP contribution in [0.25, 0.3) is 10.2 Å². The summed E-state index contributed by atoms with van der Waals surface area (Å²) in [6, 6.07) is 7.61. The number of aryl methyl sites for hydroxylation is 1. The Balaban J connectivity index is 1.02. The van der Waals surface area contributed by atoms with E-state index in [1.165, 1.54) is 47.3 Å². The topological polar surface area (TPSA) is 202 Å². The Bertz CT molecular complexity index is 2270. The quantitative estimate of drug-likeness (QED) is 0.0867. The van der Waals surface area contributed by atoms with Crippen LogP contribution in [0.2, 0.25) is 0 Å². The van der Waals surface area contributed by atoms with Crippen LogP contribution in [0.5, 0.6) is 11.5 Å². The smallest absolute Gasteiger partial charge is 0.416 e. The zero-order valence-corrected chi connectivity index (χ0v) is 34.4. The van der Waals surface area contributed by atoms with Gasteiger partial charge in [-0.1, -0.05) is 24.0 Å². The highest BCUT2D eigenvalue weighted by Gasteiger charge is 2.47. The number of aromatic nitrogens is 3. The Morgan fingerprint density at radius 3 is 2.63 bits per heavy atom. The minimum absolute atomic E-state index is 0.0364. The first-order valence-corrected chi connectivity index (χ1v) is 20.5. The van der Waals surface area contributed by atoms with Crippen LogP contribution in [0.3, 0.4) is 0 Å². The summed E-state index contributed by atoms with van der Waals surface area (Å²) < 4.78 is 36.9. The number of hydrogen-bond acceptors (Lipinski definition) is 14. The highest BCUT2D eigenvalue weighted by atomic mass is 32.1. The third-order valence-electron chi connectivity index (χ3n) is 10.3. The maximum atomic E-state index is 14.2. The largest absolute Gasteiger partial charge is 0.493 e. The zero-order chi connectivity index (χ0) is 42.3. The molecule has 0 spiro atoms. The predicted molar refractivity (Wildman–Crippen MR) is 220 cm³/mol. The summed E-state index contributed by atoms with van der Waals surface area (Å²) in [5.41, 5.74) is 1.33. The average Bonchev–Trinajstić information content (AvgIpc) is 3.82. The van der Waals surface area contributed by atoms with Crippen LogP contribution < -0.4 is 25.0 Å². The van der Waals surface area contributed by atoms with E-state index >= 15 is 0 Å². The Morgan fingerprint density at radius 2 is 1.87 bits per heavy atom. The summed E-state index contributed by atoms with van der Waals surface area (Å²) in [7, 11) is 4.37. The van der Waals surface area contributed by atoms with E-state index in [0.717, 1.165) is 30.4 Å². The third kappa shape index (κ3) is 9.22. The molecule has 3 aliphatic heterocycles. The second-order valence-corrected chi connectivity index (χ2v) is 15.4. The molecule has 2 N–H and O–H groups in total. The number of imidazole rings is 1. The molecule has 4 amide bonds. The Hall–Kier alpha value is -6.05. The van der Waals surface area contributed by atoms with Gasteiger partial charge in [0.1, 0.15) is 6.61 Å². The van der Waals surface area contributed by atoms with Gasteiger partial charge in [-0.3, -0.25) is 19.7 Å². The van der Waals surface area contributed by atoms with Gasteiger partial charge in [0.2, 0.25) is 11.7 Å². The molecule has 0 radical (unpaired) electrons. The average molecular weight is 846 g/mol. The van der Waals surface area contributed by atoms with Gasteiger partial charge in [-0.15, -0.1) is 0 Å². The molecule has 3 atom stereocenters. The number of thiazole rings is 1. The Kier molecular flexibility index (Phi) is 13.3. The Labute approximate surface area is 349 Å². The number of carbonyl (C=O) groups is 5. The number of benzene rings is 2. The Morgan fingerprint density at radius 1 is 1.03 bits per heavy atom. The van der Waals surface area contributed by atoms with E-state index in [9.17, 15) is 24.0 Å².